The Bertz CT molecular complexity index is 407. The second-order valence-electron chi connectivity index (χ2n) is 3.70. The molecule has 15 heavy (non-hydrogen) atoms. The van der Waals surface area contributed by atoms with Crippen molar-refractivity contribution in [3.63, 3.8) is 0 Å². The minimum Gasteiger partial charge on any atom is -0.336 e. The Morgan fingerprint density at radius 2 is 1.93 bits per heavy atom. The van der Waals surface area contributed by atoms with Crippen molar-refractivity contribution in [2.45, 2.75) is 24.1 Å². The summed E-state index contributed by atoms with van der Waals surface area (Å²) in [5.74, 6) is 0.0726. The molecule has 1 aromatic rings. The van der Waals surface area contributed by atoms with Crippen LogP contribution in [0.4, 0.5) is 0 Å². The first-order chi connectivity index (χ1) is 7.18. The molecule has 0 aliphatic carbocycles. The first kappa shape index (κ1) is 10.3. The van der Waals surface area contributed by atoms with Crippen LogP contribution in [-0.2, 0) is 4.79 Å². The van der Waals surface area contributed by atoms with E-state index in [4.69, 9.17) is 0 Å². The Morgan fingerprint density at radius 1 is 1.27 bits per heavy atom. The average molecular weight is 219 g/mol. The van der Waals surface area contributed by atoms with E-state index in [1.165, 1.54) is 4.90 Å². The van der Waals surface area contributed by atoms with Crippen LogP contribution in [0.5, 0.6) is 0 Å². The molecule has 1 aliphatic heterocycles. The molecule has 1 atom stereocenters. The van der Waals surface area contributed by atoms with E-state index in [1.54, 1.807) is 11.8 Å². The molecular weight excluding hydrogens is 206 g/mol. The van der Waals surface area contributed by atoms with Crippen LogP contribution < -0.4 is 5.32 Å². The van der Waals surface area contributed by atoms with Crippen molar-refractivity contribution in [1.29, 1.82) is 0 Å². The van der Waals surface area contributed by atoms with E-state index in [0.717, 1.165) is 11.1 Å². The number of amides is 1. The van der Waals surface area contributed by atoms with E-state index >= 15 is 0 Å². The SMILES string of the molecule is CC(C)=C1C(=O)NC1Sc1ccccc1. The van der Waals surface area contributed by atoms with Gasteiger partial charge in [-0.3, -0.25) is 4.79 Å². The summed E-state index contributed by atoms with van der Waals surface area (Å²) < 4.78 is 0. The molecule has 1 aliphatic rings. The molecule has 1 heterocycles. The van der Waals surface area contributed by atoms with E-state index in [-0.39, 0.29) is 11.3 Å². The molecule has 0 radical (unpaired) electrons. The summed E-state index contributed by atoms with van der Waals surface area (Å²) in [5.41, 5.74) is 2.02. The van der Waals surface area contributed by atoms with Crippen molar-refractivity contribution in [1.82, 2.24) is 5.32 Å². The number of benzene rings is 1. The number of carbonyl (C=O) groups excluding carboxylic acids is 1. The zero-order chi connectivity index (χ0) is 10.8. The molecule has 0 aromatic heterocycles. The minimum atomic E-state index is 0.0726. The van der Waals surface area contributed by atoms with Gasteiger partial charge in [0.05, 0.1) is 0 Å². The van der Waals surface area contributed by atoms with Crippen molar-refractivity contribution in [3.8, 4) is 0 Å². The molecule has 0 spiro atoms. The third-order valence-electron chi connectivity index (χ3n) is 2.30. The normalized spacial score (nSPS) is 19.5. The van der Waals surface area contributed by atoms with Crippen LogP contribution in [0.15, 0.2) is 46.4 Å². The lowest BCUT2D eigenvalue weighted by Crippen LogP contribution is -2.49. The quantitative estimate of drug-likeness (QED) is 0.612. The second-order valence-corrected chi connectivity index (χ2v) is 4.88. The van der Waals surface area contributed by atoms with Gasteiger partial charge in [-0.2, -0.15) is 0 Å². The molecule has 1 saturated heterocycles. The van der Waals surface area contributed by atoms with E-state index < -0.39 is 0 Å². The van der Waals surface area contributed by atoms with Crippen LogP contribution in [0.25, 0.3) is 0 Å². The fourth-order valence-electron chi connectivity index (χ4n) is 1.52. The van der Waals surface area contributed by atoms with Crippen LogP contribution >= 0.6 is 11.8 Å². The maximum Gasteiger partial charge on any atom is 0.251 e. The summed E-state index contributed by atoms with van der Waals surface area (Å²) in [6.45, 7) is 3.96. The highest BCUT2D eigenvalue weighted by Crippen LogP contribution is 2.32. The summed E-state index contributed by atoms with van der Waals surface area (Å²) >= 11 is 1.68. The summed E-state index contributed by atoms with van der Waals surface area (Å²) in [5, 5.41) is 3.02. The molecule has 78 valence electrons. The van der Waals surface area contributed by atoms with Gasteiger partial charge in [-0.15, -0.1) is 0 Å². The standard InChI is InChI=1S/C12H13NOS/c1-8(2)10-11(14)13-12(10)15-9-6-4-3-5-7-9/h3-7,12H,1-2H3,(H,13,14). The molecule has 1 aromatic carbocycles. The number of hydrogen-bond acceptors (Lipinski definition) is 2. The third kappa shape index (κ3) is 2.07. The highest BCUT2D eigenvalue weighted by atomic mass is 32.2. The van der Waals surface area contributed by atoms with Gasteiger partial charge in [-0.1, -0.05) is 35.5 Å². The third-order valence-corrected chi connectivity index (χ3v) is 3.44. The van der Waals surface area contributed by atoms with Gasteiger partial charge in [0.15, 0.2) is 0 Å². The molecule has 0 bridgehead atoms. The van der Waals surface area contributed by atoms with Gasteiger partial charge in [0, 0.05) is 10.5 Å². The molecule has 0 saturated carbocycles. The molecule has 2 nitrogen and oxygen atoms in total. The van der Waals surface area contributed by atoms with Gasteiger partial charge in [0.25, 0.3) is 5.91 Å². The minimum absolute atomic E-state index is 0.0726. The monoisotopic (exact) mass is 219 g/mol. The maximum absolute atomic E-state index is 11.3. The molecule has 1 fully saturated rings. The zero-order valence-corrected chi connectivity index (χ0v) is 9.60. The van der Waals surface area contributed by atoms with Crippen molar-refractivity contribution in [3.05, 3.63) is 41.5 Å². The summed E-state index contributed by atoms with van der Waals surface area (Å²) in [4.78, 5) is 12.5. The Morgan fingerprint density at radius 3 is 2.47 bits per heavy atom. The van der Waals surface area contributed by atoms with Gasteiger partial charge in [0.2, 0.25) is 0 Å². The van der Waals surface area contributed by atoms with Gasteiger partial charge in [-0.05, 0) is 26.0 Å². The van der Waals surface area contributed by atoms with Gasteiger partial charge in [0.1, 0.15) is 5.37 Å². The van der Waals surface area contributed by atoms with Crippen molar-refractivity contribution >= 4 is 17.7 Å². The molecule has 2 rings (SSSR count). The fraction of sp³-hybridized carbons (Fsp3) is 0.250. The Balaban J connectivity index is 2.10. The van der Waals surface area contributed by atoms with Crippen LogP contribution in [0.1, 0.15) is 13.8 Å². The number of thioether (sulfide) groups is 1. The fourth-order valence-corrected chi connectivity index (χ4v) is 2.74. The predicted molar refractivity (Wildman–Crippen MR) is 62.6 cm³/mol. The molecular formula is C12H13NOS. The van der Waals surface area contributed by atoms with E-state index in [9.17, 15) is 4.79 Å². The number of nitrogens with one attached hydrogen (secondary N) is 1. The predicted octanol–water partition coefficient (Wildman–Crippen LogP) is 2.57. The van der Waals surface area contributed by atoms with Crippen molar-refractivity contribution in [2.75, 3.05) is 0 Å². The number of allylic oxidation sites excluding steroid dienone is 1. The number of rotatable bonds is 2. The number of carbonyl (C=O) groups is 1. The van der Waals surface area contributed by atoms with Crippen molar-refractivity contribution < 1.29 is 4.79 Å². The lowest BCUT2D eigenvalue weighted by atomic mass is 10.0. The Hall–Kier alpha value is -1.22. The first-order valence-corrected chi connectivity index (χ1v) is 5.76. The van der Waals surface area contributed by atoms with Gasteiger partial charge in [-0.25, -0.2) is 0 Å². The lowest BCUT2D eigenvalue weighted by Gasteiger charge is -2.31. The maximum atomic E-state index is 11.3. The lowest BCUT2D eigenvalue weighted by molar-refractivity contribution is -0.121. The number of β-lactam (4-membered cyclic amide) rings is 1. The van der Waals surface area contributed by atoms with Gasteiger partial charge >= 0.3 is 0 Å². The number of hydrogen-bond donors (Lipinski definition) is 1. The highest BCUT2D eigenvalue weighted by molar-refractivity contribution is 8.00. The summed E-state index contributed by atoms with van der Waals surface area (Å²) in [6.07, 6.45) is 0. The van der Waals surface area contributed by atoms with Crippen LogP contribution in [0, 0.1) is 0 Å². The smallest absolute Gasteiger partial charge is 0.251 e. The van der Waals surface area contributed by atoms with Crippen LogP contribution in [-0.4, -0.2) is 11.3 Å². The average Bonchev–Trinajstić information content (AvgIpc) is 2.17. The van der Waals surface area contributed by atoms with E-state index in [0.29, 0.717) is 0 Å². The summed E-state index contributed by atoms with van der Waals surface area (Å²) in [7, 11) is 0. The zero-order valence-electron chi connectivity index (χ0n) is 8.78. The van der Waals surface area contributed by atoms with E-state index in [1.807, 2.05) is 32.0 Å². The molecule has 1 amide bonds. The topological polar surface area (TPSA) is 29.1 Å². The van der Waals surface area contributed by atoms with Crippen molar-refractivity contribution in [2.24, 2.45) is 0 Å². The van der Waals surface area contributed by atoms with Gasteiger partial charge < -0.3 is 5.32 Å². The van der Waals surface area contributed by atoms with Crippen LogP contribution in [0.3, 0.4) is 0 Å². The molecule has 1 unspecified atom stereocenters. The second kappa shape index (κ2) is 4.11. The first-order valence-electron chi connectivity index (χ1n) is 4.88. The van der Waals surface area contributed by atoms with Crippen LogP contribution in [0.2, 0.25) is 0 Å². The van der Waals surface area contributed by atoms with E-state index in [2.05, 4.69) is 17.4 Å². The molecule has 1 N–H and O–H groups in total. The molecule has 3 heteroatoms. The summed E-state index contributed by atoms with van der Waals surface area (Å²) in [6, 6.07) is 10.1. The Kier molecular flexibility index (Phi) is 2.82. The highest BCUT2D eigenvalue weighted by Gasteiger charge is 2.33. The Labute approximate surface area is 93.8 Å². The largest absolute Gasteiger partial charge is 0.336 e.